The summed E-state index contributed by atoms with van der Waals surface area (Å²) in [5.41, 5.74) is 0. The molecule has 6 heavy (non-hydrogen) atoms. The largest absolute Gasteiger partial charge is 0.110 e. The lowest BCUT2D eigenvalue weighted by Gasteiger charge is -2.21. The molecule has 1 rings (SSSR count). The van der Waals surface area contributed by atoms with Gasteiger partial charge >= 0.3 is 0 Å². The molecule has 0 atom stereocenters. The Kier molecular flexibility index (Phi) is 1.18. The van der Waals surface area contributed by atoms with Gasteiger partial charge in [0, 0.05) is 0 Å². The predicted molar refractivity (Wildman–Crippen MR) is 29.1 cm³/mol. The second-order valence-electron chi connectivity index (χ2n) is 2.03. The molecule has 0 N–H and O–H groups in total. The molecule has 0 nitrogen and oxygen atoms in total. The van der Waals surface area contributed by atoms with Crippen molar-refractivity contribution in [1.29, 1.82) is 0 Å². The monoisotopic (exact) mass is 81.1 g/mol. The summed E-state index contributed by atoms with van der Waals surface area (Å²) < 4.78 is 0. The Morgan fingerprint density at radius 3 is 2.33 bits per heavy atom. The first kappa shape index (κ1) is 4.23. The van der Waals surface area contributed by atoms with Gasteiger partial charge in [-0.15, -0.1) is 0 Å². The van der Waals surface area contributed by atoms with Crippen molar-refractivity contribution >= 4 is 7.28 Å². The molecule has 1 aliphatic heterocycles. The zero-order valence-corrected chi connectivity index (χ0v) is 4.28. The minimum atomic E-state index is 1.06. The average Bonchev–Trinajstić information content (AvgIpc) is 1.31. The maximum atomic E-state index is 2.36. The van der Waals surface area contributed by atoms with E-state index in [2.05, 4.69) is 14.2 Å². The van der Waals surface area contributed by atoms with Gasteiger partial charge in [-0.3, -0.25) is 0 Å². The Hall–Kier alpha value is 0.0649. The van der Waals surface area contributed by atoms with Crippen LogP contribution in [0, 0.1) is 5.92 Å². The van der Waals surface area contributed by atoms with Gasteiger partial charge in [0.1, 0.15) is 7.28 Å². The van der Waals surface area contributed by atoms with Crippen LogP contribution in [0.15, 0.2) is 0 Å². The van der Waals surface area contributed by atoms with Crippen molar-refractivity contribution in [2.45, 2.75) is 26.0 Å². The molecule has 0 spiro atoms. The topological polar surface area (TPSA) is 0 Å². The molecule has 0 saturated carbocycles. The molecular weight excluding hydrogens is 70.9 g/mol. The number of rotatable bonds is 1. The van der Waals surface area contributed by atoms with E-state index in [4.69, 9.17) is 0 Å². The minimum Gasteiger partial charge on any atom is -0.0782 e. The third-order valence-electron chi connectivity index (χ3n) is 1.58. The molecule has 0 aromatic rings. The van der Waals surface area contributed by atoms with Crippen molar-refractivity contribution in [2.24, 2.45) is 5.92 Å². The van der Waals surface area contributed by atoms with Crippen LogP contribution in [0.5, 0.6) is 0 Å². The van der Waals surface area contributed by atoms with Crippen molar-refractivity contribution in [2.75, 3.05) is 0 Å². The van der Waals surface area contributed by atoms with Crippen molar-refractivity contribution in [3.8, 4) is 0 Å². The van der Waals surface area contributed by atoms with Gasteiger partial charge in [-0.1, -0.05) is 31.9 Å². The molecule has 1 radical (unpaired) electrons. The molecule has 0 amide bonds. The molecule has 1 heterocycles. The van der Waals surface area contributed by atoms with Gasteiger partial charge in [-0.25, -0.2) is 0 Å². The molecule has 0 unspecified atom stereocenters. The van der Waals surface area contributed by atoms with Crippen molar-refractivity contribution in [3.05, 3.63) is 0 Å². The van der Waals surface area contributed by atoms with Gasteiger partial charge < -0.3 is 0 Å². The lowest BCUT2D eigenvalue weighted by molar-refractivity contribution is 0.573. The number of hydrogen-bond donors (Lipinski definition) is 0. The molecular formula is C5H10B. The van der Waals surface area contributed by atoms with Crippen LogP contribution in [0.2, 0.25) is 12.6 Å². The highest BCUT2D eigenvalue weighted by atomic mass is 14.1. The molecule has 0 bridgehead atoms. The van der Waals surface area contributed by atoms with Gasteiger partial charge in [0.05, 0.1) is 0 Å². The van der Waals surface area contributed by atoms with Crippen LogP contribution >= 0.6 is 0 Å². The van der Waals surface area contributed by atoms with E-state index in [-0.39, 0.29) is 0 Å². The molecule has 33 valence electrons. The third kappa shape index (κ3) is 0.587. The van der Waals surface area contributed by atoms with E-state index in [1.54, 1.807) is 0 Å². The zero-order chi connectivity index (χ0) is 4.41. The summed E-state index contributed by atoms with van der Waals surface area (Å²) in [6.45, 7) is 2.26. The molecule has 1 aliphatic rings. The van der Waals surface area contributed by atoms with Crippen LogP contribution in [-0.4, -0.2) is 7.28 Å². The zero-order valence-electron chi connectivity index (χ0n) is 4.28. The quantitative estimate of drug-likeness (QED) is 0.420. The van der Waals surface area contributed by atoms with Crippen molar-refractivity contribution in [1.82, 2.24) is 0 Å². The fourth-order valence-electron chi connectivity index (χ4n) is 0.736. The number of hydrogen-bond acceptors (Lipinski definition) is 0. The molecule has 1 saturated heterocycles. The van der Waals surface area contributed by atoms with E-state index in [0.29, 0.717) is 0 Å². The minimum absolute atomic E-state index is 1.06. The molecule has 0 aliphatic carbocycles. The Balaban J connectivity index is 2.01. The van der Waals surface area contributed by atoms with E-state index < -0.39 is 0 Å². The summed E-state index contributed by atoms with van der Waals surface area (Å²) in [5, 5.41) is 0. The standard InChI is InChI=1S/C5H10B/c1-2-5-3-6-4-5/h5H,2-4H2,1H3. The summed E-state index contributed by atoms with van der Waals surface area (Å²) in [4.78, 5) is 0. The Bertz CT molecular complexity index is 36.4. The van der Waals surface area contributed by atoms with Crippen LogP contribution in [0.25, 0.3) is 0 Å². The highest BCUT2D eigenvalue weighted by molar-refractivity contribution is 6.39. The second kappa shape index (κ2) is 1.68. The predicted octanol–water partition coefficient (Wildman–Crippen LogP) is 1.57. The van der Waals surface area contributed by atoms with Crippen molar-refractivity contribution < 1.29 is 0 Å². The lowest BCUT2D eigenvalue weighted by Crippen LogP contribution is -2.15. The van der Waals surface area contributed by atoms with E-state index in [0.717, 1.165) is 5.92 Å². The summed E-state index contributed by atoms with van der Waals surface area (Å²) in [5.74, 6) is 1.06. The van der Waals surface area contributed by atoms with Gasteiger partial charge in [0.25, 0.3) is 0 Å². The Morgan fingerprint density at radius 2 is 2.33 bits per heavy atom. The fourth-order valence-corrected chi connectivity index (χ4v) is 0.736. The van der Waals surface area contributed by atoms with Crippen molar-refractivity contribution in [3.63, 3.8) is 0 Å². The molecule has 1 fully saturated rings. The highest BCUT2D eigenvalue weighted by Gasteiger charge is 2.14. The maximum Gasteiger partial charge on any atom is 0.110 e. The Labute approximate surface area is 40.2 Å². The van der Waals surface area contributed by atoms with Gasteiger partial charge in [0.15, 0.2) is 0 Å². The van der Waals surface area contributed by atoms with Crippen LogP contribution in [0.4, 0.5) is 0 Å². The van der Waals surface area contributed by atoms with Crippen LogP contribution < -0.4 is 0 Å². The normalized spacial score (nSPS) is 22.2. The van der Waals surface area contributed by atoms with Gasteiger partial charge in [-0.2, -0.15) is 0 Å². The summed E-state index contributed by atoms with van der Waals surface area (Å²) in [6, 6.07) is 0. The molecule has 1 heteroatoms. The van der Waals surface area contributed by atoms with Crippen LogP contribution in [0.1, 0.15) is 13.3 Å². The SMILES string of the molecule is CCC1C[B]C1. The van der Waals surface area contributed by atoms with Crippen LogP contribution in [-0.2, 0) is 0 Å². The lowest BCUT2D eigenvalue weighted by atomic mass is 9.50. The first-order valence-electron chi connectivity index (χ1n) is 2.75. The summed E-state index contributed by atoms with van der Waals surface area (Å²) in [7, 11) is 2.36. The molecule has 0 aromatic heterocycles. The smallest absolute Gasteiger partial charge is 0.0782 e. The fraction of sp³-hybridized carbons (Fsp3) is 1.00. The summed E-state index contributed by atoms with van der Waals surface area (Å²) in [6.07, 6.45) is 4.16. The van der Waals surface area contributed by atoms with E-state index in [1.807, 2.05) is 0 Å². The highest BCUT2D eigenvalue weighted by Crippen LogP contribution is 2.23. The average molecular weight is 80.9 g/mol. The first-order chi connectivity index (χ1) is 2.93. The van der Waals surface area contributed by atoms with E-state index >= 15 is 0 Å². The van der Waals surface area contributed by atoms with Gasteiger partial charge in [0.2, 0.25) is 0 Å². The third-order valence-corrected chi connectivity index (χ3v) is 1.58. The second-order valence-corrected chi connectivity index (χ2v) is 2.03. The van der Waals surface area contributed by atoms with Gasteiger partial charge in [-0.05, 0) is 0 Å². The van der Waals surface area contributed by atoms with Crippen LogP contribution in [0.3, 0.4) is 0 Å². The maximum absolute atomic E-state index is 2.36. The van der Waals surface area contributed by atoms with E-state index in [1.165, 1.54) is 19.1 Å². The summed E-state index contributed by atoms with van der Waals surface area (Å²) >= 11 is 0. The Morgan fingerprint density at radius 1 is 1.67 bits per heavy atom. The first-order valence-corrected chi connectivity index (χ1v) is 2.75. The van der Waals surface area contributed by atoms with E-state index in [9.17, 15) is 0 Å². The molecule has 0 aromatic carbocycles.